The molecule has 2 aromatic rings. The van der Waals surface area contributed by atoms with Gasteiger partial charge in [0.25, 0.3) is 0 Å². The van der Waals surface area contributed by atoms with Gasteiger partial charge < -0.3 is 14.4 Å². The Bertz CT molecular complexity index is 737. The summed E-state index contributed by atoms with van der Waals surface area (Å²) in [4.78, 5) is 15.8. The Morgan fingerprint density at radius 2 is 2.25 bits per heavy atom. The van der Waals surface area contributed by atoms with Crippen LogP contribution in [0, 0.1) is 5.92 Å². The maximum Gasteiger partial charge on any atom is 0.226 e. The highest BCUT2D eigenvalue weighted by Crippen LogP contribution is 2.40. The molecule has 4 nitrogen and oxygen atoms in total. The summed E-state index contributed by atoms with van der Waals surface area (Å²) in [5.41, 5.74) is 2.14. The Kier molecular flexibility index (Phi) is 4.19. The molecule has 1 aliphatic carbocycles. The van der Waals surface area contributed by atoms with Crippen molar-refractivity contribution in [3.63, 3.8) is 0 Å². The van der Waals surface area contributed by atoms with Crippen LogP contribution in [0.3, 0.4) is 0 Å². The third kappa shape index (κ3) is 2.77. The molecule has 0 radical (unpaired) electrons. The maximum atomic E-state index is 12.7. The molecule has 0 saturated heterocycles. The molecule has 24 heavy (non-hydrogen) atoms. The van der Waals surface area contributed by atoms with Crippen LogP contribution in [0.1, 0.15) is 24.8 Å². The van der Waals surface area contributed by atoms with Gasteiger partial charge in [-0.05, 0) is 42.0 Å². The average Bonchev–Trinajstić information content (AvgIpc) is 2.98. The number of hydrogen-bond acceptors (Lipinski definition) is 4. The second kappa shape index (κ2) is 6.48. The van der Waals surface area contributed by atoms with Crippen molar-refractivity contribution in [3.8, 4) is 21.9 Å². The fourth-order valence-electron chi connectivity index (χ4n) is 3.32. The lowest BCUT2D eigenvalue weighted by Crippen LogP contribution is -2.39. The summed E-state index contributed by atoms with van der Waals surface area (Å²) in [5, 5.41) is 2.07. The standard InChI is InChI=1S/C19H21NO3S/c1-22-16-11-14(17-6-3-9-24-17)10-15-12-20(7-8-23-18(15)16)19(21)13-4-2-5-13/h3,6,9-11,13H,2,4-5,7-8,12H2,1H3. The summed E-state index contributed by atoms with van der Waals surface area (Å²) in [6, 6.07) is 8.30. The minimum absolute atomic E-state index is 0.217. The van der Waals surface area contributed by atoms with Gasteiger partial charge in [-0.2, -0.15) is 0 Å². The zero-order valence-electron chi connectivity index (χ0n) is 13.8. The summed E-state index contributed by atoms with van der Waals surface area (Å²) < 4.78 is 11.5. The molecule has 1 amide bonds. The van der Waals surface area contributed by atoms with Crippen molar-refractivity contribution >= 4 is 17.2 Å². The maximum absolute atomic E-state index is 12.7. The highest BCUT2D eigenvalue weighted by Gasteiger charge is 2.31. The molecule has 2 aliphatic rings. The van der Waals surface area contributed by atoms with E-state index in [4.69, 9.17) is 9.47 Å². The van der Waals surface area contributed by atoms with Crippen molar-refractivity contribution < 1.29 is 14.3 Å². The SMILES string of the molecule is COc1cc(-c2cccs2)cc2c1OCCN(C(=O)C1CCC1)C2. The van der Waals surface area contributed by atoms with Gasteiger partial charge in [0, 0.05) is 22.9 Å². The monoisotopic (exact) mass is 343 g/mol. The van der Waals surface area contributed by atoms with E-state index in [1.54, 1.807) is 18.4 Å². The van der Waals surface area contributed by atoms with E-state index in [1.807, 2.05) is 17.0 Å². The van der Waals surface area contributed by atoms with Crippen molar-refractivity contribution in [3.05, 3.63) is 35.2 Å². The number of amides is 1. The first kappa shape index (κ1) is 15.5. The van der Waals surface area contributed by atoms with E-state index in [0.717, 1.165) is 35.5 Å². The molecule has 4 rings (SSSR count). The van der Waals surface area contributed by atoms with Gasteiger partial charge in [-0.25, -0.2) is 0 Å². The van der Waals surface area contributed by atoms with Crippen molar-refractivity contribution in [2.24, 2.45) is 5.92 Å². The number of methoxy groups -OCH3 is 1. The molecule has 2 heterocycles. The number of hydrogen-bond donors (Lipinski definition) is 0. The van der Waals surface area contributed by atoms with Crippen LogP contribution in [-0.4, -0.2) is 31.1 Å². The Hall–Kier alpha value is -2.01. The third-order valence-corrected chi connectivity index (χ3v) is 5.81. The fraction of sp³-hybridized carbons (Fsp3) is 0.421. The quantitative estimate of drug-likeness (QED) is 0.847. The molecule has 1 saturated carbocycles. The molecule has 126 valence electrons. The van der Waals surface area contributed by atoms with E-state index < -0.39 is 0 Å². The Morgan fingerprint density at radius 3 is 2.92 bits per heavy atom. The van der Waals surface area contributed by atoms with Crippen LogP contribution in [0.5, 0.6) is 11.5 Å². The number of thiophene rings is 1. The lowest BCUT2D eigenvalue weighted by Gasteiger charge is -2.30. The summed E-state index contributed by atoms with van der Waals surface area (Å²) in [6.45, 7) is 1.75. The number of nitrogens with zero attached hydrogens (tertiary/aromatic N) is 1. The lowest BCUT2D eigenvalue weighted by molar-refractivity contribution is -0.138. The number of carbonyl (C=O) groups is 1. The van der Waals surface area contributed by atoms with Crippen LogP contribution in [0.15, 0.2) is 29.6 Å². The molecular formula is C19H21NO3S. The topological polar surface area (TPSA) is 38.8 Å². The molecule has 0 N–H and O–H groups in total. The largest absolute Gasteiger partial charge is 0.493 e. The molecule has 1 fully saturated rings. The summed E-state index contributed by atoms with van der Waals surface area (Å²) >= 11 is 1.70. The predicted molar refractivity (Wildman–Crippen MR) is 94.6 cm³/mol. The number of benzene rings is 1. The second-order valence-electron chi connectivity index (χ2n) is 6.38. The van der Waals surface area contributed by atoms with Gasteiger partial charge in [-0.3, -0.25) is 4.79 Å². The van der Waals surface area contributed by atoms with E-state index in [2.05, 4.69) is 17.5 Å². The van der Waals surface area contributed by atoms with Crippen LogP contribution in [0.25, 0.3) is 10.4 Å². The minimum atomic E-state index is 0.217. The first-order valence-electron chi connectivity index (χ1n) is 8.42. The van der Waals surface area contributed by atoms with Gasteiger partial charge >= 0.3 is 0 Å². The highest BCUT2D eigenvalue weighted by molar-refractivity contribution is 7.13. The van der Waals surface area contributed by atoms with Crippen LogP contribution >= 0.6 is 11.3 Å². The van der Waals surface area contributed by atoms with E-state index in [0.29, 0.717) is 19.7 Å². The van der Waals surface area contributed by atoms with Gasteiger partial charge in [0.2, 0.25) is 5.91 Å². The number of rotatable bonds is 3. The Balaban J connectivity index is 1.69. The van der Waals surface area contributed by atoms with Crippen LogP contribution < -0.4 is 9.47 Å². The van der Waals surface area contributed by atoms with Gasteiger partial charge in [0.1, 0.15) is 6.61 Å². The molecule has 5 heteroatoms. The number of ether oxygens (including phenoxy) is 2. The van der Waals surface area contributed by atoms with Crippen molar-refractivity contribution in [2.45, 2.75) is 25.8 Å². The third-order valence-electron chi connectivity index (χ3n) is 4.89. The number of fused-ring (bicyclic) bond motifs is 1. The minimum Gasteiger partial charge on any atom is -0.493 e. The first-order valence-corrected chi connectivity index (χ1v) is 9.30. The Labute approximate surface area is 146 Å². The zero-order valence-corrected chi connectivity index (χ0v) is 14.6. The molecular weight excluding hydrogens is 322 g/mol. The number of carbonyl (C=O) groups excluding carboxylic acids is 1. The van der Waals surface area contributed by atoms with Crippen molar-refractivity contribution in [1.82, 2.24) is 4.90 Å². The van der Waals surface area contributed by atoms with E-state index in [1.165, 1.54) is 11.3 Å². The van der Waals surface area contributed by atoms with Gasteiger partial charge in [0.15, 0.2) is 11.5 Å². The first-order chi connectivity index (χ1) is 11.8. The van der Waals surface area contributed by atoms with Gasteiger partial charge in [-0.15, -0.1) is 11.3 Å². The van der Waals surface area contributed by atoms with E-state index in [9.17, 15) is 4.79 Å². The Morgan fingerprint density at radius 1 is 1.38 bits per heavy atom. The molecule has 0 unspecified atom stereocenters. The molecule has 0 bridgehead atoms. The second-order valence-corrected chi connectivity index (χ2v) is 7.33. The van der Waals surface area contributed by atoms with Crippen LogP contribution in [0.4, 0.5) is 0 Å². The van der Waals surface area contributed by atoms with Crippen LogP contribution in [-0.2, 0) is 11.3 Å². The zero-order chi connectivity index (χ0) is 16.5. The molecule has 0 atom stereocenters. The van der Waals surface area contributed by atoms with Gasteiger partial charge in [0.05, 0.1) is 13.7 Å². The van der Waals surface area contributed by atoms with Crippen molar-refractivity contribution in [1.29, 1.82) is 0 Å². The van der Waals surface area contributed by atoms with E-state index >= 15 is 0 Å². The van der Waals surface area contributed by atoms with E-state index in [-0.39, 0.29) is 11.8 Å². The highest BCUT2D eigenvalue weighted by atomic mass is 32.1. The smallest absolute Gasteiger partial charge is 0.226 e. The molecule has 1 aliphatic heterocycles. The average molecular weight is 343 g/mol. The summed E-state index contributed by atoms with van der Waals surface area (Å²) in [5.74, 6) is 2.02. The van der Waals surface area contributed by atoms with Crippen molar-refractivity contribution in [2.75, 3.05) is 20.3 Å². The molecule has 0 spiro atoms. The van der Waals surface area contributed by atoms with Crippen LogP contribution in [0.2, 0.25) is 0 Å². The summed E-state index contributed by atoms with van der Waals surface area (Å²) in [6.07, 6.45) is 3.23. The van der Waals surface area contributed by atoms with Gasteiger partial charge in [-0.1, -0.05) is 12.5 Å². The fourth-order valence-corrected chi connectivity index (χ4v) is 4.04. The molecule has 1 aromatic carbocycles. The summed E-state index contributed by atoms with van der Waals surface area (Å²) in [7, 11) is 1.67. The lowest BCUT2D eigenvalue weighted by atomic mass is 9.84. The molecule has 1 aromatic heterocycles. The predicted octanol–water partition coefficient (Wildman–Crippen LogP) is 3.94. The normalized spacial score (nSPS) is 17.5.